The monoisotopic (exact) mass is 394 g/mol. The zero-order chi connectivity index (χ0) is 16.4. The van der Waals surface area contributed by atoms with Crippen LogP contribution >= 0.6 is 27.3 Å². The minimum Gasteiger partial charge on any atom is -0.507 e. The van der Waals surface area contributed by atoms with Crippen molar-refractivity contribution in [1.29, 1.82) is 0 Å². The third-order valence-corrected chi connectivity index (χ3v) is 5.66. The van der Waals surface area contributed by atoms with Crippen LogP contribution < -0.4 is 0 Å². The van der Waals surface area contributed by atoms with Crippen LogP contribution in [0.5, 0.6) is 5.75 Å². The zero-order valence-electron chi connectivity index (χ0n) is 13.0. The van der Waals surface area contributed by atoms with Crippen LogP contribution in [0.1, 0.15) is 20.8 Å². The van der Waals surface area contributed by atoms with Crippen LogP contribution in [0, 0.1) is 6.92 Å². The summed E-state index contributed by atoms with van der Waals surface area (Å²) in [6, 6.07) is 9.41. The Labute approximate surface area is 148 Å². The van der Waals surface area contributed by atoms with E-state index in [9.17, 15) is 9.90 Å². The first-order chi connectivity index (χ1) is 11.0. The summed E-state index contributed by atoms with van der Waals surface area (Å²) in [7, 11) is 0. The fourth-order valence-electron chi connectivity index (χ4n) is 2.76. The molecule has 0 radical (unpaired) electrons. The van der Waals surface area contributed by atoms with Crippen LogP contribution in [0.15, 0.2) is 34.1 Å². The van der Waals surface area contributed by atoms with Gasteiger partial charge >= 0.3 is 0 Å². The van der Waals surface area contributed by atoms with Gasteiger partial charge in [0.2, 0.25) is 0 Å². The number of phenolic OH excluding ortho intramolecular Hbond substituents is 1. The van der Waals surface area contributed by atoms with Crippen molar-refractivity contribution in [3.63, 3.8) is 0 Å². The molecular formula is C17H19BrN2O2S. The summed E-state index contributed by atoms with van der Waals surface area (Å²) in [5.41, 5.74) is 1.34. The van der Waals surface area contributed by atoms with Crippen molar-refractivity contribution >= 4 is 33.2 Å². The van der Waals surface area contributed by atoms with Crippen molar-refractivity contribution in [2.45, 2.75) is 13.5 Å². The molecule has 0 bridgehead atoms. The molecule has 2 heterocycles. The number of hydrogen-bond donors (Lipinski definition) is 1. The lowest BCUT2D eigenvalue weighted by atomic mass is 10.1. The topological polar surface area (TPSA) is 43.8 Å². The first kappa shape index (κ1) is 16.5. The van der Waals surface area contributed by atoms with Crippen LogP contribution in [0.4, 0.5) is 0 Å². The number of carbonyl (C=O) groups excluding carboxylic acids is 1. The summed E-state index contributed by atoms with van der Waals surface area (Å²) in [4.78, 5) is 18.1. The van der Waals surface area contributed by atoms with E-state index in [4.69, 9.17) is 0 Å². The van der Waals surface area contributed by atoms with Gasteiger partial charge in [0.15, 0.2) is 0 Å². The summed E-state index contributed by atoms with van der Waals surface area (Å²) < 4.78 is 1.15. The second-order valence-corrected chi connectivity index (χ2v) is 8.34. The fourth-order valence-corrected chi connectivity index (χ4v) is 4.28. The first-order valence-corrected chi connectivity index (χ1v) is 9.19. The Morgan fingerprint density at radius 3 is 2.57 bits per heavy atom. The summed E-state index contributed by atoms with van der Waals surface area (Å²) in [6.45, 7) is 5.92. The maximum atomic E-state index is 12.5. The number of piperazine rings is 1. The molecule has 1 amide bonds. The van der Waals surface area contributed by atoms with Crippen LogP contribution in [0.2, 0.25) is 0 Å². The standard InChI is InChI=1S/C17H19BrN2O2S/c1-12-2-4-14(15(21)10-12)17(22)20-8-6-19(7-9-20)11-13-3-5-16(18)23-13/h2-5,10,21H,6-9,11H2,1H3. The number of aryl methyl sites for hydroxylation is 1. The first-order valence-electron chi connectivity index (χ1n) is 7.58. The van der Waals surface area contributed by atoms with E-state index in [1.165, 1.54) is 4.88 Å². The number of hydrogen-bond acceptors (Lipinski definition) is 4. The Hall–Kier alpha value is -1.37. The summed E-state index contributed by atoms with van der Waals surface area (Å²) >= 11 is 5.24. The summed E-state index contributed by atoms with van der Waals surface area (Å²) in [5.74, 6) is -0.0121. The van der Waals surface area contributed by atoms with Gasteiger partial charge in [-0.3, -0.25) is 9.69 Å². The predicted octanol–water partition coefficient (Wildman–Crippen LogP) is 3.48. The highest BCUT2D eigenvalue weighted by atomic mass is 79.9. The zero-order valence-corrected chi connectivity index (χ0v) is 15.4. The van der Waals surface area contributed by atoms with Gasteiger partial charge in [-0.05, 0) is 52.7 Å². The molecule has 0 saturated carbocycles. The molecule has 1 fully saturated rings. The molecule has 0 spiro atoms. The van der Waals surface area contributed by atoms with Gasteiger partial charge in [0.25, 0.3) is 5.91 Å². The van der Waals surface area contributed by atoms with Crippen molar-refractivity contribution in [3.05, 3.63) is 50.1 Å². The van der Waals surface area contributed by atoms with E-state index in [1.807, 2.05) is 17.9 Å². The van der Waals surface area contributed by atoms with Gasteiger partial charge in [-0.2, -0.15) is 0 Å². The second-order valence-electron chi connectivity index (χ2n) is 5.79. The molecule has 122 valence electrons. The Morgan fingerprint density at radius 2 is 1.96 bits per heavy atom. The van der Waals surface area contributed by atoms with Crippen molar-refractivity contribution in [2.75, 3.05) is 26.2 Å². The largest absolute Gasteiger partial charge is 0.507 e. The quantitative estimate of drug-likeness (QED) is 0.866. The molecule has 0 aliphatic carbocycles. The molecule has 1 aromatic heterocycles. The van der Waals surface area contributed by atoms with Gasteiger partial charge in [0, 0.05) is 37.6 Å². The molecule has 3 rings (SSSR count). The lowest BCUT2D eigenvalue weighted by Crippen LogP contribution is -2.48. The van der Waals surface area contributed by atoms with E-state index in [0.29, 0.717) is 18.7 Å². The van der Waals surface area contributed by atoms with Gasteiger partial charge in [-0.1, -0.05) is 6.07 Å². The second kappa shape index (κ2) is 7.03. The molecule has 1 aliphatic heterocycles. The smallest absolute Gasteiger partial charge is 0.257 e. The van der Waals surface area contributed by atoms with Crippen molar-refractivity contribution in [1.82, 2.24) is 9.80 Å². The van der Waals surface area contributed by atoms with E-state index in [1.54, 1.807) is 23.5 Å². The summed E-state index contributed by atoms with van der Waals surface area (Å²) in [5, 5.41) is 9.98. The number of nitrogens with zero attached hydrogens (tertiary/aromatic N) is 2. The highest BCUT2D eigenvalue weighted by Gasteiger charge is 2.24. The molecule has 2 aromatic rings. The molecule has 23 heavy (non-hydrogen) atoms. The Kier molecular flexibility index (Phi) is 5.04. The van der Waals surface area contributed by atoms with Gasteiger partial charge in [0.05, 0.1) is 9.35 Å². The molecule has 6 heteroatoms. The Balaban J connectivity index is 1.59. The maximum Gasteiger partial charge on any atom is 0.257 e. The predicted molar refractivity (Wildman–Crippen MR) is 96.0 cm³/mol. The minimum absolute atomic E-state index is 0.0702. The number of carbonyl (C=O) groups is 1. The number of rotatable bonds is 3. The Bertz CT molecular complexity index is 708. The highest BCUT2D eigenvalue weighted by Crippen LogP contribution is 2.24. The number of aromatic hydroxyl groups is 1. The fraction of sp³-hybridized carbons (Fsp3) is 0.353. The molecule has 0 unspecified atom stereocenters. The SMILES string of the molecule is Cc1ccc(C(=O)N2CCN(Cc3ccc(Br)s3)CC2)c(O)c1. The van der Waals surface area contributed by atoms with Crippen molar-refractivity contribution in [2.24, 2.45) is 0 Å². The number of benzene rings is 1. The molecule has 1 aromatic carbocycles. The normalized spacial score (nSPS) is 15.8. The maximum absolute atomic E-state index is 12.5. The average molecular weight is 395 g/mol. The van der Waals surface area contributed by atoms with Gasteiger partial charge < -0.3 is 10.0 Å². The van der Waals surface area contributed by atoms with Crippen molar-refractivity contribution < 1.29 is 9.90 Å². The number of amides is 1. The number of phenols is 1. The minimum atomic E-state index is -0.0824. The van der Waals surface area contributed by atoms with Crippen LogP contribution in [0.3, 0.4) is 0 Å². The molecule has 4 nitrogen and oxygen atoms in total. The van der Waals surface area contributed by atoms with E-state index >= 15 is 0 Å². The average Bonchev–Trinajstić information content (AvgIpc) is 2.92. The van der Waals surface area contributed by atoms with E-state index < -0.39 is 0 Å². The van der Waals surface area contributed by atoms with Gasteiger partial charge in [-0.15, -0.1) is 11.3 Å². The third-order valence-electron chi connectivity index (χ3n) is 4.05. The Morgan fingerprint density at radius 1 is 1.22 bits per heavy atom. The lowest BCUT2D eigenvalue weighted by Gasteiger charge is -2.34. The number of thiophene rings is 1. The molecule has 1 N–H and O–H groups in total. The van der Waals surface area contributed by atoms with Gasteiger partial charge in [0.1, 0.15) is 5.75 Å². The van der Waals surface area contributed by atoms with Crippen LogP contribution in [-0.4, -0.2) is 47.0 Å². The lowest BCUT2D eigenvalue weighted by molar-refractivity contribution is 0.0627. The van der Waals surface area contributed by atoms with Crippen LogP contribution in [0.25, 0.3) is 0 Å². The van der Waals surface area contributed by atoms with Crippen LogP contribution in [-0.2, 0) is 6.54 Å². The summed E-state index contributed by atoms with van der Waals surface area (Å²) in [6.07, 6.45) is 0. The molecule has 1 aliphatic rings. The van der Waals surface area contributed by atoms with E-state index in [2.05, 4.69) is 33.0 Å². The van der Waals surface area contributed by atoms with Crippen molar-refractivity contribution in [3.8, 4) is 5.75 Å². The van der Waals surface area contributed by atoms with E-state index in [-0.39, 0.29) is 11.7 Å². The van der Waals surface area contributed by atoms with E-state index in [0.717, 1.165) is 29.0 Å². The van der Waals surface area contributed by atoms with Gasteiger partial charge in [-0.25, -0.2) is 0 Å². The third kappa shape index (κ3) is 3.94. The highest BCUT2D eigenvalue weighted by molar-refractivity contribution is 9.11. The molecular weight excluding hydrogens is 376 g/mol. The number of halogens is 1. The molecule has 0 atom stereocenters. The molecule has 1 saturated heterocycles.